The number of aryl methyl sites for hydroxylation is 2. The average Bonchev–Trinajstić information content (AvgIpc) is 3.37. The number of anilines is 2. The summed E-state index contributed by atoms with van der Waals surface area (Å²) in [5.74, 6) is -0.0212. The van der Waals surface area contributed by atoms with Crippen LogP contribution in [0.5, 0.6) is 0 Å². The molecule has 1 fully saturated rings. The Bertz CT molecular complexity index is 1020. The molecule has 2 aromatic heterocycles. The fraction of sp³-hybridized carbons (Fsp3) is 0.368. The van der Waals surface area contributed by atoms with E-state index in [1.807, 2.05) is 24.3 Å². The fourth-order valence-corrected chi connectivity index (χ4v) is 4.91. The van der Waals surface area contributed by atoms with E-state index in [0.717, 1.165) is 35.9 Å². The molecule has 0 spiro atoms. The number of carbonyl (C=O) groups is 2. The number of para-hydroxylation sites is 1. The molecular weight excluding hydrogens is 362 g/mol. The lowest BCUT2D eigenvalue weighted by Crippen LogP contribution is -2.28. The highest BCUT2D eigenvalue weighted by Crippen LogP contribution is 2.32. The normalized spacial score (nSPS) is 19.5. The van der Waals surface area contributed by atoms with Crippen LogP contribution in [0.4, 0.5) is 10.9 Å². The van der Waals surface area contributed by atoms with Crippen LogP contribution < -0.4 is 10.2 Å². The molecule has 138 valence electrons. The largest absolute Gasteiger partial charge is 0.302 e. The standard InChI is InChI=1S/C19H19N5O2S/c25-16-9-11(10-24(16)17-12-5-1-2-6-13(12)22-23-17)18(26)21-19-20-14-7-3-4-8-15(14)27-19/h1-2,5-6,11H,3-4,7-10H2,(H,22,23)(H,20,21,26)/t11-/m1/s1. The average molecular weight is 381 g/mol. The molecule has 0 unspecified atom stereocenters. The molecule has 2 aliphatic rings. The maximum Gasteiger partial charge on any atom is 0.231 e. The van der Waals surface area contributed by atoms with E-state index >= 15 is 0 Å². The lowest BCUT2D eigenvalue weighted by Gasteiger charge is -2.13. The number of H-pyrrole nitrogens is 1. The first-order chi connectivity index (χ1) is 13.2. The highest BCUT2D eigenvalue weighted by atomic mass is 32.1. The summed E-state index contributed by atoms with van der Waals surface area (Å²) in [4.78, 5) is 32.7. The van der Waals surface area contributed by atoms with E-state index in [1.165, 1.54) is 11.3 Å². The molecule has 5 rings (SSSR count). The molecule has 1 saturated heterocycles. The summed E-state index contributed by atoms with van der Waals surface area (Å²) < 4.78 is 0. The molecule has 0 bridgehead atoms. The van der Waals surface area contributed by atoms with Crippen molar-refractivity contribution >= 4 is 45.0 Å². The molecular formula is C19H19N5O2S. The Kier molecular flexibility index (Phi) is 3.93. The number of benzene rings is 1. The summed E-state index contributed by atoms with van der Waals surface area (Å²) >= 11 is 1.56. The van der Waals surface area contributed by atoms with Gasteiger partial charge in [0.1, 0.15) is 0 Å². The van der Waals surface area contributed by atoms with E-state index in [9.17, 15) is 9.59 Å². The second-order valence-corrected chi connectivity index (χ2v) is 8.17. The predicted octanol–water partition coefficient (Wildman–Crippen LogP) is 2.89. The Morgan fingerprint density at radius 2 is 2.11 bits per heavy atom. The third-order valence-corrected chi connectivity index (χ3v) is 6.35. The molecule has 0 radical (unpaired) electrons. The molecule has 1 aliphatic carbocycles. The van der Waals surface area contributed by atoms with E-state index in [0.29, 0.717) is 17.5 Å². The number of aromatic amines is 1. The smallest absolute Gasteiger partial charge is 0.231 e. The molecule has 0 saturated carbocycles. The Morgan fingerprint density at radius 1 is 1.26 bits per heavy atom. The zero-order chi connectivity index (χ0) is 18.4. The van der Waals surface area contributed by atoms with Crippen molar-refractivity contribution in [3.8, 4) is 0 Å². The van der Waals surface area contributed by atoms with Crippen molar-refractivity contribution in [3.63, 3.8) is 0 Å². The summed E-state index contributed by atoms with van der Waals surface area (Å²) in [5.41, 5.74) is 2.00. The van der Waals surface area contributed by atoms with Gasteiger partial charge in [-0.15, -0.1) is 11.3 Å². The van der Waals surface area contributed by atoms with E-state index < -0.39 is 5.92 Å². The summed E-state index contributed by atoms with van der Waals surface area (Å²) in [6.07, 6.45) is 4.58. The van der Waals surface area contributed by atoms with Crippen molar-refractivity contribution in [2.24, 2.45) is 5.92 Å². The van der Waals surface area contributed by atoms with Crippen LogP contribution in [-0.2, 0) is 22.4 Å². The summed E-state index contributed by atoms with van der Waals surface area (Å²) in [6.45, 7) is 0.338. The van der Waals surface area contributed by atoms with Gasteiger partial charge >= 0.3 is 0 Å². The number of hydrogen-bond acceptors (Lipinski definition) is 5. The van der Waals surface area contributed by atoms with Gasteiger partial charge in [0, 0.05) is 23.2 Å². The first kappa shape index (κ1) is 16.4. The van der Waals surface area contributed by atoms with Gasteiger partial charge in [-0.1, -0.05) is 12.1 Å². The first-order valence-electron chi connectivity index (χ1n) is 9.22. The van der Waals surface area contributed by atoms with Crippen molar-refractivity contribution < 1.29 is 9.59 Å². The zero-order valence-corrected chi connectivity index (χ0v) is 15.5. The second kappa shape index (κ2) is 6.45. The zero-order valence-electron chi connectivity index (χ0n) is 14.7. The quantitative estimate of drug-likeness (QED) is 0.730. The van der Waals surface area contributed by atoms with Crippen molar-refractivity contribution in [1.29, 1.82) is 0 Å². The highest BCUT2D eigenvalue weighted by molar-refractivity contribution is 7.15. The molecule has 8 heteroatoms. The van der Waals surface area contributed by atoms with Crippen LogP contribution in [0.1, 0.15) is 29.8 Å². The number of thiazole rings is 1. The van der Waals surface area contributed by atoms with Gasteiger partial charge < -0.3 is 5.32 Å². The number of rotatable bonds is 3. The van der Waals surface area contributed by atoms with Crippen LogP contribution in [0, 0.1) is 5.92 Å². The van der Waals surface area contributed by atoms with Gasteiger partial charge in [0.2, 0.25) is 11.8 Å². The van der Waals surface area contributed by atoms with Gasteiger partial charge in [-0.3, -0.25) is 19.6 Å². The molecule has 3 heterocycles. The van der Waals surface area contributed by atoms with Crippen molar-refractivity contribution in [2.75, 3.05) is 16.8 Å². The van der Waals surface area contributed by atoms with Crippen LogP contribution in [0.3, 0.4) is 0 Å². The molecule has 2 N–H and O–H groups in total. The third kappa shape index (κ3) is 2.90. The minimum Gasteiger partial charge on any atom is -0.302 e. The Morgan fingerprint density at radius 3 is 3.00 bits per heavy atom. The fourth-order valence-electron chi connectivity index (χ4n) is 3.86. The number of aromatic nitrogens is 3. The lowest BCUT2D eigenvalue weighted by molar-refractivity contribution is -0.122. The molecule has 2 amide bonds. The van der Waals surface area contributed by atoms with Crippen LogP contribution in [0.15, 0.2) is 24.3 Å². The third-order valence-electron chi connectivity index (χ3n) is 5.28. The Hall–Kier alpha value is -2.74. The van der Waals surface area contributed by atoms with Crippen LogP contribution in [-0.4, -0.2) is 33.5 Å². The van der Waals surface area contributed by atoms with Crippen LogP contribution >= 0.6 is 11.3 Å². The van der Waals surface area contributed by atoms with Gasteiger partial charge in [-0.2, -0.15) is 5.10 Å². The molecule has 1 atom stereocenters. The molecule has 1 aliphatic heterocycles. The SMILES string of the molecule is O=C(Nc1nc2c(s1)CCCC2)[C@@H]1CC(=O)N(c2n[nH]c3ccccc23)C1. The van der Waals surface area contributed by atoms with Crippen LogP contribution in [0.25, 0.3) is 10.9 Å². The Labute approximate surface area is 159 Å². The summed E-state index contributed by atoms with van der Waals surface area (Å²) in [6, 6.07) is 7.67. The molecule has 7 nitrogen and oxygen atoms in total. The van der Waals surface area contributed by atoms with Crippen LogP contribution in [0.2, 0.25) is 0 Å². The lowest BCUT2D eigenvalue weighted by atomic mass is 10.0. The van der Waals surface area contributed by atoms with E-state index in [4.69, 9.17) is 0 Å². The number of nitrogens with one attached hydrogen (secondary N) is 2. The highest BCUT2D eigenvalue weighted by Gasteiger charge is 2.37. The number of nitrogens with zero attached hydrogens (tertiary/aromatic N) is 3. The first-order valence-corrected chi connectivity index (χ1v) is 10.0. The van der Waals surface area contributed by atoms with Gasteiger partial charge in [0.05, 0.1) is 17.1 Å². The summed E-state index contributed by atoms with van der Waals surface area (Å²) in [7, 11) is 0. The monoisotopic (exact) mass is 381 g/mol. The van der Waals surface area contributed by atoms with Gasteiger partial charge in [0.15, 0.2) is 10.9 Å². The number of hydrogen-bond donors (Lipinski definition) is 2. The minimum atomic E-state index is -0.395. The van der Waals surface area contributed by atoms with E-state index in [-0.39, 0.29) is 18.2 Å². The molecule has 1 aromatic carbocycles. The molecule has 27 heavy (non-hydrogen) atoms. The summed E-state index contributed by atoms with van der Waals surface area (Å²) in [5, 5.41) is 11.7. The van der Waals surface area contributed by atoms with Gasteiger partial charge in [0.25, 0.3) is 0 Å². The topological polar surface area (TPSA) is 91.0 Å². The number of carbonyl (C=O) groups excluding carboxylic acids is 2. The Balaban J connectivity index is 1.32. The van der Waals surface area contributed by atoms with E-state index in [1.54, 1.807) is 16.2 Å². The number of fused-ring (bicyclic) bond motifs is 2. The van der Waals surface area contributed by atoms with Crippen molar-refractivity contribution in [1.82, 2.24) is 15.2 Å². The van der Waals surface area contributed by atoms with Crippen molar-refractivity contribution in [3.05, 3.63) is 34.8 Å². The minimum absolute atomic E-state index is 0.0779. The predicted molar refractivity (Wildman–Crippen MR) is 104 cm³/mol. The van der Waals surface area contributed by atoms with Gasteiger partial charge in [-0.05, 0) is 37.8 Å². The van der Waals surface area contributed by atoms with Gasteiger partial charge in [-0.25, -0.2) is 4.98 Å². The van der Waals surface area contributed by atoms with Crippen molar-refractivity contribution in [2.45, 2.75) is 32.1 Å². The molecule has 3 aromatic rings. The van der Waals surface area contributed by atoms with E-state index in [2.05, 4.69) is 20.5 Å². The maximum absolute atomic E-state index is 12.7. The second-order valence-electron chi connectivity index (χ2n) is 7.08. The number of amides is 2. The maximum atomic E-state index is 12.7.